The third kappa shape index (κ3) is 3.84. The van der Waals surface area contributed by atoms with E-state index >= 15 is 0 Å². The number of hydrogen-bond acceptors (Lipinski definition) is 3. The van der Waals surface area contributed by atoms with Crippen LogP contribution in [-0.4, -0.2) is 58.6 Å². The van der Waals surface area contributed by atoms with Crippen LogP contribution in [0.4, 0.5) is 0 Å². The van der Waals surface area contributed by atoms with Crippen LogP contribution in [0, 0.1) is 0 Å². The molecule has 0 aliphatic carbocycles. The Labute approximate surface area is 120 Å². The van der Waals surface area contributed by atoms with Gasteiger partial charge in [-0.25, -0.2) is 0 Å². The Kier molecular flexibility index (Phi) is 5.20. The first-order valence-electron chi connectivity index (χ1n) is 7.40. The molecule has 2 heterocycles. The number of amides is 1. The highest BCUT2D eigenvalue weighted by molar-refractivity contribution is 5.76. The molecule has 0 saturated carbocycles. The van der Waals surface area contributed by atoms with Gasteiger partial charge in [-0.15, -0.1) is 0 Å². The molecule has 1 unspecified atom stereocenters. The summed E-state index contributed by atoms with van der Waals surface area (Å²) >= 11 is 0. The second kappa shape index (κ2) is 6.90. The molecule has 5 heteroatoms. The van der Waals surface area contributed by atoms with Crippen molar-refractivity contribution in [3.05, 3.63) is 24.0 Å². The van der Waals surface area contributed by atoms with E-state index in [4.69, 9.17) is 0 Å². The molecule has 5 nitrogen and oxygen atoms in total. The van der Waals surface area contributed by atoms with Crippen molar-refractivity contribution in [2.24, 2.45) is 0 Å². The zero-order valence-corrected chi connectivity index (χ0v) is 12.5. The summed E-state index contributed by atoms with van der Waals surface area (Å²) in [5, 5.41) is 9.93. The lowest BCUT2D eigenvalue weighted by Gasteiger charge is -2.32. The van der Waals surface area contributed by atoms with E-state index in [1.807, 2.05) is 27.9 Å². The number of carbonyl (C=O) groups is 1. The number of aromatic nitrogens is 1. The predicted molar refractivity (Wildman–Crippen MR) is 78.4 cm³/mol. The van der Waals surface area contributed by atoms with E-state index in [1.54, 1.807) is 0 Å². The molecule has 112 valence electrons. The molecule has 1 fully saturated rings. The molecule has 1 atom stereocenters. The normalized spacial score (nSPS) is 18.2. The highest BCUT2D eigenvalue weighted by Crippen LogP contribution is 2.18. The number of rotatable bonds is 5. The van der Waals surface area contributed by atoms with Crippen LogP contribution in [0.3, 0.4) is 0 Å². The zero-order chi connectivity index (χ0) is 14.5. The standard InChI is InChI=1S/C15H25N3O2/c1-3-4-14(19)13-5-6-17(11-13)12-15(20)18-9-7-16(2)8-10-18/h5-6,11,14,19H,3-4,7-10,12H2,1-2H3. The molecule has 1 saturated heterocycles. The van der Waals surface area contributed by atoms with Crippen molar-refractivity contribution in [3.63, 3.8) is 0 Å². The lowest BCUT2D eigenvalue weighted by molar-refractivity contribution is -0.133. The van der Waals surface area contributed by atoms with E-state index in [0.717, 1.165) is 44.6 Å². The summed E-state index contributed by atoms with van der Waals surface area (Å²) in [6.07, 6.45) is 5.06. The van der Waals surface area contributed by atoms with E-state index in [2.05, 4.69) is 18.9 Å². The second-order valence-corrected chi connectivity index (χ2v) is 5.61. The third-order valence-electron chi connectivity index (χ3n) is 3.89. The van der Waals surface area contributed by atoms with E-state index in [0.29, 0.717) is 6.54 Å². The maximum absolute atomic E-state index is 12.2. The molecule has 1 aliphatic rings. The lowest BCUT2D eigenvalue weighted by atomic mass is 10.1. The maximum atomic E-state index is 12.2. The minimum Gasteiger partial charge on any atom is -0.388 e. The summed E-state index contributed by atoms with van der Waals surface area (Å²) in [7, 11) is 2.08. The monoisotopic (exact) mass is 279 g/mol. The summed E-state index contributed by atoms with van der Waals surface area (Å²) in [4.78, 5) is 16.4. The number of nitrogens with zero attached hydrogens (tertiary/aromatic N) is 3. The Bertz CT molecular complexity index is 436. The number of piperazine rings is 1. The first kappa shape index (κ1) is 15.1. The van der Waals surface area contributed by atoms with Crippen molar-refractivity contribution < 1.29 is 9.90 Å². The number of aliphatic hydroxyl groups is 1. The van der Waals surface area contributed by atoms with Gasteiger partial charge in [0.2, 0.25) is 5.91 Å². The van der Waals surface area contributed by atoms with Gasteiger partial charge in [-0.3, -0.25) is 4.79 Å². The molecule has 1 aromatic heterocycles. The van der Waals surface area contributed by atoms with E-state index in [9.17, 15) is 9.90 Å². The van der Waals surface area contributed by atoms with Crippen LogP contribution in [0.5, 0.6) is 0 Å². The van der Waals surface area contributed by atoms with E-state index in [-0.39, 0.29) is 5.91 Å². The first-order valence-corrected chi connectivity index (χ1v) is 7.40. The van der Waals surface area contributed by atoms with Gasteiger partial charge in [-0.1, -0.05) is 13.3 Å². The van der Waals surface area contributed by atoms with E-state index in [1.165, 1.54) is 0 Å². The minimum atomic E-state index is -0.417. The van der Waals surface area contributed by atoms with Crippen LogP contribution in [-0.2, 0) is 11.3 Å². The molecule has 1 amide bonds. The largest absolute Gasteiger partial charge is 0.388 e. The minimum absolute atomic E-state index is 0.158. The fourth-order valence-corrected chi connectivity index (χ4v) is 2.51. The predicted octanol–water partition coefficient (Wildman–Crippen LogP) is 1.10. The number of likely N-dealkylation sites (N-methyl/N-ethyl adjacent to an activating group) is 1. The number of carbonyl (C=O) groups excluding carboxylic acids is 1. The average molecular weight is 279 g/mol. The summed E-state index contributed by atoms with van der Waals surface area (Å²) in [5.41, 5.74) is 0.901. The molecule has 1 aromatic rings. The Morgan fingerprint density at radius 3 is 2.70 bits per heavy atom. The van der Waals surface area contributed by atoms with Gasteiger partial charge < -0.3 is 19.5 Å². The van der Waals surface area contributed by atoms with Crippen molar-refractivity contribution in [2.45, 2.75) is 32.4 Å². The summed E-state index contributed by atoms with van der Waals surface area (Å²) in [6.45, 7) is 5.92. The van der Waals surface area contributed by atoms with E-state index < -0.39 is 6.10 Å². The summed E-state index contributed by atoms with van der Waals surface area (Å²) < 4.78 is 1.87. The van der Waals surface area contributed by atoms with Crippen molar-refractivity contribution in [3.8, 4) is 0 Å². The van der Waals surface area contributed by atoms with Crippen molar-refractivity contribution in [2.75, 3.05) is 33.2 Å². The average Bonchev–Trinajstić information content (AvgIpc) is 2.88. The fraction of sp³-hybridized carbons (Fsp3) is 0.667. The zero-order valence-electron chi connectivity index (χ0n) is 12.5. The van der Waals surface area contributed by atoms with Crippen LogP contribution in [0.25, 0.3) is 0 Å². The van der Waals surface area contributed by atoms with Crippen LogP contribution >= 0.6 is 0 Å². The molecule has 0 radical (unpaired) electrons. The quantitative estimate of drug-likeness (QED) is 0.878. The number of hydrogen-bond donors (Lipinski definition) is 1. The molecule has 20 heavy (non-hydrogen) atoms. The maximum Gasteiger partial charge on any atom is 0.242 e. The van der Waals surface area contributed by atoms with Gasteiger partial charge in [-0.05, 0) is 25.1 Å². The van der Waals surface area contributed by atoms with Crippen molar-refractivity contribution >= 4 is 5.91 Å². The second-order valence-electron chi connectivity index (χ2n) is 5.61. The SMILES string of the molecule is CCCC(O)c1ccn(CC(=O)N2CCN(C)CC2)c1. The van der Waals surface area contributed by atoms with Gasteiger partial charge in [-0.2, -0.15) is 0 Å². The number of aliphatic hydroxyl groups excluding tert-OH is 1. The van der Waals surface area contributed by atoms with Gasteiger partial charge in [0.1, 0.15) is 6.54 Å². The molecule has 1 aliphatic heterocycles. The smallest absolute Gasteiger partial charge is 0.242 e. The van der Waals surface area contributed by atoms with Crippen molar-refractivity contribution in [1.82, 2.24) is 14.4 Å². The van der Waals surface area contributed by atoms with Crippen LogP contribution in [0.15, 0.2) is 18.5 Å². The highest BCUT2D eigenvalue weighted by atomic mass is 16.3. The summed E-state index contributed by atoms with van der Waals surface area (Å²) in [6, 6.07) is 1.90. The van der Waals surface area contributed by atoms with Crippen LogP contribution < -0.4 is 0 Å². The van der Waals surface area contributed by atoms with Gasteiger partial charge in [0.15, 0.2) is 0 Å². The van der Waals surface area contributed by atoms with Gasteiger partial charge in [0.05, 0.1) is 6.10 Å². The lowest BCUT2D eigenvalue weighted by Crippen LogP contribution is -2.48. The molecule has 0 aromatic carbocycles. The molecular formula is C15H25N3O2. The van der Waals surface area contributed by atoms with Gasteiger partial charge in [0.25, 0.3) is 0 Å². The molecule has 2 rings (SSSR count). The first-order chi connectivity index (χ1) is 9.60. The molecule has 1 N–H and O–H groups in total. The molecular weight excluding hydrogens is 254 g/mol. The Hall–Kier alpha value is -1.33. The Morgan fingerprint density at radius 1 is 1.35 bits per heavy atom. The highest BCUT2D eigenvalue weighted by Gasteiger charge is 2.19. The van der Waals surface area contributed by atoms with Crippen LogP contribution in [0.2, 0.25) is 0 Å². The molecule has 0 spiro atoms. The Balaban J connectivity index is 1.88. The molecule has 0 bridgehead atoms. The summed E-state index contributed by atoms with van der Waals surface area (Å²) in [5.74, 6) is 0.158. The van der Waals surface area contributed by atoms with Gasteiger partial charge >= 0.3 is 0 Å². The fourth-order valence-electron chi connectivity index (χ4n) is 2.51. The van der Waals surface area contributed by atoms with Crippen molar-refractivity contribution in [1.29, 1.82) is 0 Å². The van der Waals surface area contributed by atoms with Gasteiger partial charge in [0, 0.05) is 38.6 Å². The van der Waals surface area contributed by atoms with Crippen LogP contribution in [0.1, 0.15) is 31.4 Å². The third-order valence-corrected chi connectivity index (χ3v) is 3.89. The topological polar surface area (TPSA) is 48.7 Å². The Morgan fingerprint density at radius 2 is 2.05 bits per heavy atom.